The van der Waals surface area contributed by atoms with Gasteiger partial charge in [0.25, 0.3) is 0 Å². The molecule has 1 nitrogen and oxygen atoms in total. The molecule has 1 aliphatic heterocycles. The van der Waals surface area contributed by atoms with E-state index in [1.807, 2.05) is 18.2 Å². The number of allylic oxidation sites excluding steroid dienone is 2. The molecular weight excluding hydrogens is 226 g/mol. The monoisotopic (exact) mass is 235 g/mol. The highest BCUT2D eigenvalue weighted by Gasteiger charge is 2.08. The van der Waals surface area contributed by atoms with Crippen molar-refractivity contribution in [3.05, 3.63) is 53.2 Å². The Labute approximate surface area is 86.5 Å². The Morgan fingerprint density at radius 2 is 1.92 bits per heavy atom. The maximum atomic E-state index is 3.53. The van der Waals surface area contributed by atoms with E-state index in [0.29, 0.717) is 0 Å². The number of para-hydroxylation sites is 1. The fraction of sp³-hybridized carbons (Fsp3) is 0.0909. The molecule has 0 fully saturated rings. The summed E-state index contributed by atoms with van der Waals surface area (Å²) >= 11 is 3.53. The third kappa shape index (κ3) is 1.83. The number of rotatable bonds is 1. The molecule has 0 N–H and O–H groups in total. The first-order valence-corrected chi connectivity index (χ1v) is 5.02. The third-order valence-electron chi connectivity index (χ3n) is 1.98. The van der Waals surface area contributed by atoms with E-state index in [9.17, 15) is 0 Å². The van der Waals surface area contributed by atoms with Crippen LogP contribution in [0.4, 0.5) is 5.69 Å². The zero-order valence-electron chi connectivity index (χ0n) is 7.15. The molecule has 13 heavy (non-hydrogen) atoms. The molecule has 1 heterocycles. The topological polar surface area (TPSA) is 3.24 Å². The Kier molecular flexibility index (Phi) is 2.50. The Morgan fingerprint density at radius 3 is 2.62 bits per heavy atom. The van der Waals surface area contributed by atoms with Crippen LogP contribution in [0.2, 0.25) is 0 Å². The molecule has 0 amide bonds. The number of nitrogens with zero attached hydrogens (tertiary/aromatic N) is 1. The zero-order valence-corrected chi connectivity index (χ0v) is 8.74. The van der Waals surface area contributed by atoms with Gasteiger partial charge < -0.3 is 4.90 Å². The van der Waals surface area contributed by atoms with Gasteiger partial charge in [0, 0.05) is 12.2 Å². The molecule has 2 rings (SSSR count). The molecule has 1 aromatic rings. The van der Waals surface area contributed by atoms with Crippen molar-refractivity contribution in [2.75, 3.05) is 11.4 Å². The van der Waals surface area contributed by atoms with Gasteiger partial charge in [0.2, 0.25) is 0 Å². The molecule has 1 aliphatic rings. The van der Waals surface area contributed by atoms with E-state index in [0.717, 1.165) is 11.2 Å². The van der Waals surface area contributed by atoms with Gasteiger partial charge in [-0.25, -0.2) is 0 Å². The summed E-state index contributed by atoms with van der Waals surface area (Å²) in [6, 6.07) is 10.3. The van der Waals surface area contributed by atoms with Crippen LogP contribution >= 0.6 is 15.9 Å². The predicted molar refractivity (Wildman–Crippen MR) is 59.9 cm³/mol. The predicted octanol–water partition coefficient (Wildman–Crippen LogP) is 3.30. The minimum absolute atomic E-state index is 0.932. The molecule has 0 radical (unpaired) electrons. The Morgan fingerprint density at radius 1 is 1.15 bits per heavy atom. The Bertz CT molecular complexity index is 340. The molecule has 0 spiro atoms. The summed E-state index contributed by atoms with van der Waals surface area (Å²) in [5.74, 6) is 0. The molecule has 0 aliphatic carbocycles. The fourth-order valence-corrected chi connectivity index (χ4v) is 1.83. The summed E-state index contributed by atoms with van der Waals surface area (Å²) in [5, 5.41) is 0. The maximum Gasteiger partial charge on any atom is 0.0853 e. The average molecular weight is 236 g/mol. The fourth-order valence-electron chi connectivity index (χ4n) is 1.33. The van der Waals surface area contributed by atoms with E-state index in [-0.39, 0.29) is 0 Å². The number of hydrogen-bond donors (Lipinski definition) is 0. The van der Waals surface area contributed by atoms with Crippen molar-refractivity contribution in [3.8, 4) is 0 Å². The third-order valence-corrected chi connectivity index (χ3v) is 2.68. The normalized spacial score (nSPS) is 15.8. The molecule has 0 saturated carbocycles. The first-order valence-electron chi connectivity index (χ1n) is 4.23. The van der Waals surface area contributed by atoms with Crippen LogP contribution in [0.5, 0.6) is 0 Å². The van der Waals surface area contributed by atoms with Crippen molar-refractivity contribution < 1.29 is 0 Å². The van der Waals surface area contributed by atoms with Crippen molar-refractivity contribution in [1.82, 2.24) is 0 Å². The first kappa shape index (κ1) is 8.57. The van der Waals surface area contributed by atoms with Gasteiger partial charge in [-0.15, -0.1) is 0 Å². The SMILES string of the molecule is BrC1=CC=CCN1c1ccccc1. The minimum atomic E-state index is 0.932. The van der Waals surface area contributed by atoms with Crippen molar-refractivity contribution >= 4 is 21.6 Å². The lowest BCUT2D eigenvalue weighted by Crippen LogP contribution is -2.20. The van der Waals surface area contributed by atoms with Crippen LogP contribution in [-0.4, -0.2) is 6.54 Å². The highest BCUT2D eigenvalue weighted by Crippen LogP contribution is 2.24. The molecule has 66 valence electrons. The Hall–Kier alpha value is -1.02. The molecule has 0 unspecified atom stereocenters. The van der Waals surface area contributed by atoms with Gasteiger partial charge in [-0.2, -0.15) is 0 Å². The van der Waals surface area contributed by atoms with Crippen LogP contribution < -0.4 is 4.90 Å². The van der Waals surface area contributed by atoms with Crippen molar-refractivity contribution in [2.24, 2.45) is 0 Å². The lowest BCUT2D eigenvalue weighted by atomic mass is 10.2. The van der Waals surface area contributed by atoms with Gasteiger partial charge in [0.05, 0.1) is 4.61 Å². The molecular formula is C11H10BrN. The highest BCUT2D eigenvalue weighted by molar-refractivity contribution is 9.11. The van der Waals surface area contributed by atoms with Crippen LogP contribution in [0.25, 0.3) is 0 Å². The van der Waals surface area contributed by atoms with Gasteiger partial charge in [0.15, 0.2) is 0 Å². The molecule has 2 heteroatoms. The zero-order chi connectivity index (χ0) is 9.10. The number of halogens is 1. The second-order valence-electron chi connectivity index (χ2n) is 2.86. The average Bonchev–Trinajstić information content (AvgIpc) is 2.20. The van der Waals surface area contributed by atoms with Gasteiger partial charge in [-0.1, -0.05) is 30.4 Å². The molecule has 0 bridgehead atoms. The molecule has 0 aromatic heterocycles. The van der Waals surface area contributed by atoms with Gasteiger partial charge in [-0.3, -0.25) is 0 Å². The van der Waals surface area contributed by atoms with E-state index in [2.05, 4.69) is 51.2 Å². The Balaban J connectivity index is 2.28. The quantitative estimate of drug-likeness (QED) is 0.676. The van der Waals surface area contributed by atoms with Crippen LogP contribution in [0.1, 0.15) is 0 Å². The maximum absolute atomic E-state index is 3.53. The smallest absolute Gasteiger partial charge is 0.0853 e. The van der Waals surface area contributed by atoms with Crippen LogP contribution in [0, 0.1) is 0 Å². The van der Waals surface area contributed by atoms with Crippen LogP contribution in [0.3, 0.4) is 0 Å². The number of benzene rings is 1. The molecule has 0 atom stereocenters. The number of anilines is 1. The largest absolute Gasteiger partial charge is 0.332 e. The lowest BCUT2D eigenvalue weighted by Gasteiger charge is -2.24. The van der Waals surface area contributed by atoms with Gasteiger partial charge in [0.1, 0.15) is 0 Å². The van der Waals surface area contributed by atoms with Crippen molar-refractivity contribution in [1.29, 1.82) is 0 Å². The van der Waals surface area contributed by atoms with E-state index < -0.39 is 0 Å². The summed E-state index contributed by atoms with van der Waals surface area (Å²) < 4.78 is 1.11. The first-order chi connectivity index (χ1) is 6.38. The van der Waals surface area contributed by atoms with Gasteiger partial charge in [-0.05, 0) is 34.1 Å². The molecule has 0 saturated heterocycles. The standard InChI is InChI=1S/C11H10BrN/c12-11-8-4-5-9-13(11)10-6-2-1-3-7-10/h1-8H,9H2. The summed E-state index contributed by atoms with van der Waals surface area (Å²) in [5.41, 5.74) is 1.22. The van der Waals surface area contributed by atoms with E-state index in [1.54, 1.807) is 0 Å². The van der Waals surface area contributed by atoms with E-state index in [4.69, 9.17) is 0 Å². The second kappa shape index (κ2) is 3.79. The summed E-state index contributed by atoms with van der Waals surface area (Å²) in [7, 11) is 0. The summed E-state index contributed by atoms with van der Waals surface area (Å²) in [6.07, 6.45) is 6.25. The van der Waals surface area contributed by atoms with Gasteiger partial charge >= 0.3 is 0 Å². The van der Waals surface area contributed by atoms with E-state index in [1.165, 1.54) is 5.69 Å². The second-order valence-corrected chi connectivity index (χ2v) is 3.68. The summed E-state index contributed by atoms with van der Waals surface area (Å²) in [4.78, 5) is 2.21. The molecule has 1 aromatic carbocycles. The minimum Gasteiger partial charge on any atom is -0.332 e. The lowest BCUT2D eigenvalue weighted by molar-refractivity contribution is 1.06. The number of hydrogen-bond acceptors (Lipinski definition) is 1. The summed E-state index contributed by atoms with van der Waals surface area (Å²) in [6.45, 7) is 0.932. The van der Waals surface area contributed by atoms with E-state index >= 15 is 0 Å². The highest BCUT2D eigenvalue weighted by atomic mass is 79.9. The van der Waals surface area contributed by atoms with Crippen LogP contribution in [0.15, 0.2) is 53.2 Å². The van der Waals surface area contributed by atoms with Crippen molar-refractivity contribution in [3.63, 3.8) is 0 Å². The van der Waals surface area contributed by atoms with Crippen molar-refractivity contribution in [2.45, 2.75) is 0 Å². The van der Waals surface area contributed by atoms with Crippen LogP contribution in [-0.2, 0) is 0 Å².